The maximum atomic E-state index is 9.91. The third kappa shape index (κ3) is 1.55. The maximum absolute atomic E-state index is 9.91. The van der Waals surface area contributed by atoms with Crippen molar-refractivity contribution in [2.24, 2.45) is 0 Å². The van der Waals surface area contributed by atoms with Crippen molar-refractivity contribution in [1.29, 1.82) is 0 Å². The lowest BCUT2D eigenvalue weighted by Crippen LogP contribution is -2.10. The number of furan rings is 1. The highest BCUT2D eigenvalue weighted by atomic mass is 16.3. The number of hydrogen-bond donors (Lipinski definition) is 1. The minimum Gasteiger partial charge on any atom is -0.461 e. The topological polar surface area (TPSA) is 33.4 Å². The molecule has 0 atom stereocenters. The molecule has 0 unspecified atom stereocenters. The zero-order chi connectivity index (χ0) is 10.5. The molecule has 1 aliphatic rings. The van der Waals surface area contributed by atoms with E-state index in [0.717, 1.165) is 41.6 Å². The van der Waals surface area contributed by atoms with Gasteiger partial charge >= 0.3 is 0 Å². The second kappa shape index (κ2) is 2.86. The molecule has 1 fully saturated rings. The van der Waals surface area contributed by atoms with E-state index in [4.69, 9.17) is 4.42 Å². The lowest BCUT2D eigenvalue weighted by atomic mass is 10.0. The fourth-order valence-corrected chi connectivity index (χ4v) is 2.07. The zero-order valence-corrected chi connectivity index (χ0v) is 8.79. The fraction of sp³-hybridized carbons (Fsp3) is 0.385. The summed E-state index contributed by atoms with van der Waals surface area (Å²) in [6, 6.07) is 8.15. The molecule has 2 nitrogen and oxygen atoms in total. The van der Waals surface area contributed by atoms with Gasteiger partial charge in [0.05, 0.1) is 5.60 Å². The summed E-state index contributed by atoms with van der Waals surface area (Å²) in [5.74, 6) is 0.931. The van der Waals surface area contributed by atoms with Crippen molar-refractivity contribution in [2.45, 2.75) is 31.8 Å². The smallest absolute Gasteiger partial charge is 0.137 e. The van der Waals surface area contributed by atoms with Gasteiger partial charge in [-0.25, -0.2) is 0 Å². The van der Waals surface area contributed by atoms with Crippen molar-refractivity contribution in [3.05, 3.63) is 35.6 Å². The molecule has 0 spiro atoms. The standard InChI is InChI=1S/C13H14O2/c1-9-7-10-3-2-4-11(12(10)15-9)8-13(14)5-6-13/h2-4,7,14H,5-6,8H2,1H3. The van der Waals surface area contributed by atoms with Crippen molar-refractivity contribution < 1.29 is 9.52 Å². The van der Waals surface area contributed by atoms with E-state index in [0.29, 0.717) is 0 Å². The van der Waals surface area contributed by atoms with Crippen molar-refractivity contribution >= 4 is 11.0 Å². The molecule has 0 aliphatic heterocycles. The Kier molecular flexibility index (Phi) is 1.71. The van der Waals surface area contributed by atoms with Crippen molar-refractivity contribution in [3.63, 3.8) is 0 Å². The highest BCUT2D eigenvalue weighted by molar-refractivity contribution is 5.81. The van der Waals surface area contributed by atoms with E-state index in [-0.39, 0.29) is 0 Å². The molecular formula is C13H14O2. The lowest BCUT2D eigenvalue weighted by Gasteiger charge is -2.07. The summed E-state index contributed by atoms with van der Waals surface area (Å²) in [6.07, 6.45) is 2.56. The highest BCUT2D eigenvalue weighted by Crippen LogP contribution is 2.39. The minimum absolute atomic E-state index is 0.449. The molecular weight excluding hydrogens is 188 g/mol. The van der Waals surface area contributed by atoms with Gasteiger partial charge in [-0.15, -0.1) is 0 Å². The van der Waals surface area contributed by atoms with Gasteiger partial charge in [-0.3, -0.25) is 0 Å². The monoisotopic (exact) mass is 202 g/mol. The normalized spacial score (nSPS) is 18.3. The average molecular weight is 202 g/mol. The van der Waals surface area contributed by atoms with Gasteiger partial charge in [0.1, 0.15) is 11.3 Å². The third-order valence-corrected chi connectivity index (χ3v) is 3.10. The first-order valence-corrected chi connectivity index (χ1v) is 5.37. The van der Waals surface area contributed by atoms with E-state index >= 15 is 0 Å². The summed E-state index contributed by atoms with van der Waals surface area (Å²) < 4.78 is 5.66. The first kappa shape index (κ1) is 8.98. The van der Waals surface area contributed by atoms with E-state index in [9.17, 15) is 5.11 Å². The van der Waals surface area contributed by atoms with Crippen molar-refractivity contribution in [1.82, 2.24) is 0 Å². The minimum atomic E-state index is -0.449. The molecule has 1 heterocycles. The molecule has 0 amide bonds. The molecule has 0 bridgehead atoms. The maximum Gasteiger partial charge on any atom is 0.137 e. The van der Waals surface area contributed by atoms with Crippen LogP contribution in [0.25, 0.3) is 11.0 Å². The van der Waals surface area contributed by atoms with Crippen LogP contribution in [-0.4, -0.2) is 10.7 Å². The fourth-order valence-electron chi connectivity index (χ4n) is 2.07. The van der Waals surface area contributed by atoms with Crippen LogP contribution in [-0.2, 0) is 6.42 Å². The molecule has 78 valence electrons. The third-order valence-electron chi connectivity index (χ3n) is 3.10. The number of rotatable bonds is 2. The molecule has 2 heteroatoms. The zero-order valence-electron chi connectivity index (χ0n) is 8.79. The van der Waals surface area contributed by atoms with E-state index in [1.54, 1.807) is 0 Å². The first-order chi connectivity index (χ1) is 7.16. The van der Waals surface area contributed by atoms with Gasteiger partial charge in [0.25, 0.3) is 0 Å². The number of aryl methyl sites for hydroxylation is 1. The average Bonchev–Trinajstić information content (AvgIpc) is 2.76. The van der Waals surface area contributed by atoms with Gasteiger partial charge in [-0.05, 0) is 31.4 Å². The molecule has 1 aliphatic carbocycles. The highest BCUT2D eigenvalue weighted by Gasteiger charge is 2.40. The Morgan fingerprint density at radius 3 is 2.93 bits per heavy atom. The van der Waals surface area contributed by atoms with Gasteiger partial charge < -0.3 is 9.52 Å². The van der Waals surface area contributed by atoms with E-state index in [1.165, 1.54) is 0 Å². The Balaban J connectivity index is 2.08. The Labute approximate surface area is 88.5 Å². The second-order valence-electron chi connectivity index (χ2n) is 4.59. The SMILES string of the molecule is Cc1cc2cccc(CC3(O)CC3)c2o1. The first-order valence-electron chi connectivity index (χ1n) is 5.37. The van der Waals surface area contributed by atoms with Crippen LogP contribution in [0.2, 0.25) is 0 Å². The summed E-state index contributed by atoms with van der Waals surface area (Å²) in [5.41, 5.74) is 1.62. The summed E-state index contributed by atoms with van der Waals surface area (Å²) in [5, 5.41) is 11.0. The molecule has 1 aromatic heterocycles. The van der Waals surface area contributed by atoms with Gasteiger partial charge in [-0.1, -0.05) is 18.2 Å². The predicted molar refractivity (Wildman–Crippen MR) is 58.8 cm³/mol. The van der Waals surface area contributed by atoms with Crippen LogP contribution in [0.4, 0.5) is 0 Å². The molecule has 2 aromatic rings. The number of hydrogen-bond acceptors (Lipinski definition) is 2. The second-order valence-corrected chi connectivity index (χ2v) is 4.59. The van der Waals surface area contributed by atoms with Crippen LogP contribution in [0.3, 0.4) is 0 Å². The summed E-state index contributed by atoms with van der Waals surface area (Å²) in [4.78, 5) is 0. The van der Waals surface area contributed by atoms with E-state index in [2.05, 4.69) is 0 Å². The molecule has 0 radical (unpaired) electrons. The van der Waals surface area contributed by atoms with Gasteiger partial charge in [0.15, 0.2) is 0 Å². The van der Waals surface area contributed by atoms with Gasteiger partial charge in [-0.2, -0.15) is 0 Å². The van der Waals surface area contributed by atoms with Gasteiger partial charge in [0, 0.05) is 11.8 Å². The quantitative estimate of drug-likeness (QED) is 0.812. The van der Waals surface area contributed by atoms with Crippen molar-refractivity contribution in [2.75, 3.05) is 0 Å². The largest absolute Gasteiger partial charge is 0.461 e. The Morgan fingerprint density at radius 2 is 2.20 bits per heavy atom. The summed E-state index contributed by atoms with van der Waals surface area (Å²) in [6.45, 7) is 1.95. The van der Waals surface area contributed by atoms with E-state index in [1.807, 2.05) is 31.2 Å². The lowest BCUT2D eigenvalue weighted by molar-refractivity contribution is 0.151. The number of para-hydroxylation sites is 1. The Morgan fingerprint density at radius 1 is 1.40 bits per heavy atom. The van der Waals surface area contributed by atoms with Crippen LogP contribution >= 0.6 is 0 Å². The van der Waals surface area contributed by atoms with Crippen LogP contribution in [0.1, 0.15) is 24.2 Å². The Hall–Kier alpha value is -1.28. The number of fused-ring (bicyclic) bond motifs is 1. The van der Waals surface area contributed by atoms with E-state index < -0.39 is 5.60 Å². The predicted octanol–water partition coefficient (Wildman–Crippen LogP) is 2.81. The number of benzene rings is 1. The van der Waals surface area contributed by atoms with Crippen LogP contribution in [0.5, 0.6) is 0 Å². The molecule has 3 rings (SSSR count). The Bertz CT molecular complexity index is 506. The van der Waals surface area contributed by atoms with Gasteiger partial charge in [0.2, 0.25) is 0 Å². The molecule has 15 heavy (non-hydrogen) atoms. The van der Waals surface area contributed by atoms with Crippen molar-refractivity contribution in [3.8, 4) is 0 Å². The van der Waals surface area contributed by atoms with Crippen LogP contribution in [0, 0.1) is 6.92 Å². The summed E-state index contributed by atoms with van der Waals surface area (Å²) in [7, 11) is 0. The van der Waals surface area contributed by atoms with Crippen LogP contribution in [0.15, 0.2) is 28.7 Å². The molecule has 1 N–H and O–H groups in total. The van der Waals surface area contributed by atoms with Crippen LogP contribution < -0.4 is 0 Å². The molecule has 0 saturated heterocycles. The molecule has 1 saturated carbocycles. The molecule has 1 aromatic carbocycles. The number of aliphatic hydroxyl groups is 1. The summed E-state index contributed by atoms with van der Waals surface area (Å²) >= 11 is 0.